The summed E-state index contributed by atoms with van der Waals surface area (Å²) in [4.78, 5) is 0. The van der Waals surface area contributed by atoms with Crippen LogP contribution in [0.5, 0.6) is 0 Å². The molecule has 1 aliphatic rings. The lowest BCUT2D eigenvalue weighted by atomic mass is 10.0. The van der Waals surface area contributed by atoms with E-state index in [0.29, 0.717) is 0 Å². The summed E-state index contributed by atoms with van der Waals surface area (Å²) in [5.74, 6) is 0. The van der Waals surface area contributed by atoms with Crippen LogP contribution in [0.1, 0.15) is 19.8 Å². The van der Waals surface area contributed by atoms with Crippen LogP contribution in [-0.4, -0.2) is 23.4 Å². The van der Waals surface area contributed by atoms with Gasteiger partial charge in [-0.3, -0.25) is 0 Å². The maximum atomic E-state index is 8.89. The predicted molar refractivity (Wildman–Crippen MR) is 48.9 cm³/mol. The van der Waals surface area contributed by atoms with Crippen molar-refractivity contribution in [2.45, 2.75) is 31.5 Å². The molecule has 2 unspecified atom stereocenters. The minimum atomic E-state index is -0.276. The van der Waals surface area contributed by atoms with E-state index in [1.165, 1.54) is 0 Å². The second-order valence-corrected chi connectivity index (χ2v) is 3.48. The highest BCUT2D eigenvalue weighted by molar-refractivity contribution is 5.12. The third-order valence-electron chi connectivity index (χ3n) is 2.37. The number of aliphatic hydroxyl groups excluding tert-OH is 1. The van der Waals surface area contributed by atoms with Crippen LogP contribution < -0.4 is 0 Å². The fourth-order valence-corrected chi connectivity index (χ4v) is 1.21. The molecule has 1 saturated heterocycles. The summed E-state index contributed by atoms with van der Waals surface area (Å²) in [6.45, 7) is 9.47. The molecule has 1 fully saturated rings. The van der Waals surface area contributed by atoms with E-state index in [4.69, 9.17) is 9.84 Å². The van der Waals surface area contributed by atoms with E-state index >= 15 is 0 Å². The fraction of sp³-hybridized carbons (Fsp3) is 0.600. The van der Waals surface area contributed by atoms with Crippen LogP contribution in [0.3, 0.4) is 0 Å². The molecule has 1 N–H and O–H groups in total. The summed E-state index contributed by atoms with van der Waals surface area (Å²) in [7, 11) is 0. The Morgan fingerprint density at radius 3 is 2.83 bits per heavy atom. The quantitative estimate of drug-likeness (QED) is 0.500. The van der Waals surface area contributed by atoms with Crippen molar-refractivity contribution in [1.29, 1.82) is 0 Å². The van der Waals surface area contributed by atoms with Crippen LogP contribution in [0, 0.1) is 0 Å². The van der Waals surface area contributed by atoms with Gasteiger partial charge in [0.2, 0.25) is 0 Å². The molecule has 0 aromatic carbocycles. The molecule has 1 aliphatic heterocycles. The zero-order chi connectivity index (χ0) is 9.19. The summed E-state index contributed by atoms with van der Waals surface area (Å²) in [5.41, 5.74) is 0.757. The molecule has 0 spiro atoms. The molecule has 0 amide bonds. The van der Waals surface area contributed by atoms with Gasteiger partial charge in [-0.1, -0.05) is 24.8 Å². The van der Waals surface area contributed by atoms with Crippen molar-refractivity contribution in [3.05, 3.63) is 24.8 Å². The van der Waals surface area contributed by atoms with Gasteiger partial charge in [-0.05, 0) is 19.8 Å². The van der Waals surface area contributed by atoms with Gasteiger partial charge in [-0.25, -0.2) is 0 Å². The first-order chi connectivity index (χ1) is 5.62. The molecule has 2 heteroatoms. The van der Waals surface area contributed by atoms with E-state index in [9.17, 15) is 0 Å². The number of epoxide rings is 1. The van der Waals surface area contributed by atoms with E-state index in [-0.39, 0.29) is 18.3 Å². The SMILES string of the molecule is C=CC(=C)CCC1OC1(C)CO. The normalized spacial score (nSPS) is 33.0. The van der Waals surface area contributed by atoms with Gasteiger partial charge in [-0.15, -0.1) is 0 Å². The number of allylic oxidation sites excluding steroid dienone is 2. The summed E-state index contributed by atoms with van der Waals surface area (Å²) in [5, 5.41) is 8.89. The Morgan fingerprint density at radius 1 is 1.75 bits per heavy atom. The fourth-order valence-electron chi connectivity index (χ4n) is 1.21. The zero-order valence-electron chi connectivity index (χ0n) is 7.55. The highest BCUT2D eigenvalue weighted by Gasteiger charge is 2.50. The van der Waals surface area contributed by atoms with E-state index in [0.717, 1.165) is 18.4 Å². The first kappa shape index (κ1) is 9.49. The topological polar surface area (TPSA) is 32.8 Å². The highest BCUT2D eigenvalue weighted by Crippen LogP contribution is 2.39. The minimum Gasteiger partial charge on any atom is -0.393 e. The number of rotatable bonds is 5. The Hall–Kier alpha value is -0.600. The van der Waals surface area contributed by atoms with Crippen molar-refractivity contribution in [3.63, 3.8) is 0 Å². The number of aliphatic hydroxyl groups is 1. The maximum absolute atomic E-state index is 8.89. The molecule has 68 valence electrons. The number of ether oxygens (including phenoxy) is 1. The first-order valence-corrected chi connectivity index (χ1v) is 4.21. The van der Waals surface area contributed by atoms with Crippen LogP contribution in [-0.2, 0) is 4.74 Å². The molecule has 0 bridgehead atoms. The lowest BCUT2D eigenvalue weighted by Crippen LogP contribution is -2.14. The van der Waals surface area contributed by atoms with E-state index in [1.807, 2.05) is 6.92 Å². The average molecular weight is 168 g/mol. The van der Waals surface area contributed by atoms with Gasteiger partial charge in [0.1, 0.15) is 5.60 Å². The van der Waals surface area contributed by atoms with Crippen molar-refractivity contribution < 1.29 is 9.84 Å². The Morgan fingerprint density at radius 2 is 2.42 bits per heavy atom. The second-order valence-electron chi connectivity index (χ2n) is 3.48. The van der Waals surface area contributed by atoms with Crippen molar-refractivity contribution in [3.8, 4) is 0 Å². The summed E-state index contributed by atoms with van der Waals surface area (Å²) in [6, 6.07) is 0. The Balaban J connectivity index is 2.20. The standard InChI is InChI=1S/C10H16O2/c1-4-8(2)5-6-9-10(3,7-11)12-9/h4,9,11H,1-2,5-7H2,3H3. The summed E-state index contributed by atoms with van der Waals surface area (Å²) < 4.78 is 5.32. The number of hydrogen-bond donors (Lipinski definition) is 1. The van der Waals surface area contributed by atoms with E-state index in [2.05, 4.69) is 13.2 Å². The molecular formula is C10H16O2. The van der Waals surface area contributed by atoms with Gasteiger partial charge in [0.05, 0.1) is 12.7 Å². The van der Waals surface area contributed by atoms with E-state index in [1.54, 1.807) is 6.08 Å². The third-order valence-corrected chi connectivity index (χ3v) is 2.37. The van der Waals surface area contributed by atoms with Gasteiger partial charge >= 0.3 is 0 Å². The zero-order valence-corrected chi connectivity index (χ0v) is 7.55. The lowest BCUT2D eigenvalue weighted by Gasteiger charge is -2.00. The summed E-state index contributed by atoms with van der Waals surface area (Å²) >= 11 is 0. The Kier molecular flexibility index (Phi) is 2.70. The molecule has 0 aromatic heterocycles. The van der Waals surface area contributed by atoms with Crippen LogP contribution >= 0.6 is 0 Å². The predicted octanol–water partition coefficient (Wildman–Crippen LogP) is 1.66. The Bertz CT molecular complexity index is 198. The first-order valence-electron chi connectivity index (χ1n) is 4.21. The van der Waals surface area contributed by atoms with Gasteiger partial charge in [0, 0.05) is 0 Å². The van der Waals surface area contributed by atoms with Gasteiger partial charge < -0.3 is 9.84 Å². The van der Waals surface area contributed by atoms with Crippen LogP contribution in [0.15, 0.2) is 24.8 Å². The van der Waals surface area contributed by atoms with Crippen molar-refractivity contribution in [2.75, 3.05) is 6.61 Å². The number of hydrogen-bond acceptors (Lipinski definition) is 2. The maximum Gasteiger partial charge on any atom is 0.115 e. The molecule has 2 atom stereocenters. The molecule has 1 rings (SSSR count). The lowest BCUT2D eigenvalue weighted by molar-refractivity contribution is 0.184. The van der Waals surface area contributed by atoms with Crippen molar-refractivity contribution in [2.24, 2.45) is 0 Å². The minimum absolute atomic E-state index is 0.109. The highest BCUT2D eigenvalue weighted by atomic mass is 16.6. The van der Waals surface area contributed by atoms with Gasteiger partial charge in [-0.2, -0.15) is 0 Å². The molecule has 12 heavy (non-hydrogen) atoms. The van der Waals surface area contributed by atoms with Crippen LogP contribution in [0.4, 0.5) is 0 Å². The van der Waals surface area contributed by atoms with Crippen LogP contribution in [0.25, 0.3) is 0 Å². The second kappa shape index (κ2) is 3.42. The van der Waals surface area contributed by atoms with Crippen LogP contribution in [0.2, 0.25) is 0 Å². The molecule has 0 radical (unpaired) electrons. The van der Waals surface area contributed by atoms with Crippen molar-refractivity contribution in [1.82, 2.24) is 0 Å². The average Bonchev–Trinajstić information content (AvgIpc) is 2.74. The van der Waals surface area contributed by atoms with Gasteiger partial charge in [0.25, 0.3) is 0 Å². The molecular weight excluding hydrogens is 152 g/mol. The largest absolute Gasteiger partial charge is 0.393 e. The smallest absolute Gasteiger partial charge is 0.115 e. The molecule has 0 aliphatic carbocycles. The molecule has 0 aromatic rings. The molecule has 2 nitrogen and oxygen atoms in total. The molecule has 0 saturated carbocycles. The monoisotopic (exact) mass is 168 g/mol. The van der Waals surface area contributed by atoms with Crippen molar-refractivity contribution >= 4 is 0 Å². The van der Waals surface area contributed by atoms with E-state index < -0.39 is 0 Å². The summed E-state index contributed by atoms with van der Waals surface area (Å²) in [6.07, 6.45) is 3.81. The Labute approximate surface area is 73.5 Å². The van der Waals surface area contributed by atoms with Gasteiger partial charge in [0.15, 0.2) is 0 Å². The molecule has 1 heterocycles. The third kappa shape index (κ3) is 1.96.